The maximum atomic E-state index is 12.5. The molecule has 0 aromatic carbocycles. The van der Waals surface area contributed by atoms with E-state index in [-0.39, 0.29) is 23.8 Å². The van der Waals surface area contributed by atoms with Gasteiger partial charge in [0.05, 0.1) is 6.61 Å². The molecule has 22 heavy (non-hydrogen) atoms. The summed E-state index contributed by atoms with van der Waals surface area (Å²) in [6.07, 6.45) is 3.54. The fourth-order valence-corrected chi connectivity index (χ4v) is 3.82. The van der Waals surface area contributed by atoms with E-state index in [0.717, 1.165) is 39.0 Å². The second kappa shape index (κ2) is 6.54. The summed E-state index contributed by atoms with van der Waals surface area (Å²) >= 11 is 0. The zero-order valence-electron chi connectivity index (χ0n) is 13.4. The largest absolute Gasteiger partial charge is 0.381 e. The van der Waals surface area contributed by atoms with Gasteiger partial charge in [0, 0.05) is 51.7 Å². The Morgan fingerprint density at radius 3 is 2.82 bits per heavy atom. The van der Waals surface area contributed by atoms with Gasteiger partial charge in [-0.15, -0.1) is 0 Å². The summed E-state index contributed by atoms with van der Waals surface area (Å²) in [6.45, 7) is 4.48. The third kappa shape index (κ3) is 3.43. The molecule has 2 amide bonds. The minimum Gasteiger partial charge on any atom is -0.381 e. The van der Waals surface area contributed by atoms with Gasteiger partial charge in [-0.2, -0.15) is 0 Å². The predicted octanol–water partition coefficient (Wildman–Crippen LogP) is 0.510. The van der Waals surface area contributed by atoms with Gasteiger partial charge >= 0.3 is 0 Å². The van der Waals surface area contributed by atoms with Crippen molar-refractivity contribution >= 4 is 11.8 Å². The average Bonchev–Trinajstić information content (AvgIpc) is 2.86. The van der Waals surface area contributed by atoms with Crippen molar-refractivity contribution in [1.29, 1.82) is 0 Å². The number of likely N-dealkylation sites (N-methyl/N-ethyl adjacent to an activating group) is 1. The highest BCUT2D eigenvalue weighted by Crippen LogP contribution is 2.34. The Kier molecular flexibility index (Phi) is 4.68. The van der Waals surface area contributed by atoms with Crippen molar-refractivity contribution in [2.45, 2.75) is 25.7 Å². The van der Waals surface area contributed by atoms with Crippen molar-refractivity contribution in [1.82, 2.24) is 9.80 Å². The molecule has 0 bridgehead atoms. The first-order valence-corrected chi connectivity index (χ1v) is 8.25. The summed E-state index contributed by atoms with van der Waals surface area (Å²) < 4.78 is 10.9. The van der Waals surface area contributed by atoms with E-state index >= 15 is 0 Å². The van der Waals surface area contributed by atoms with E-state index < -0.39 is 0 Å². The number of carbonyl (C=O) groups is 2. The minimum absolute atomic E-state index is 0.0313. The van der Waals surface area contributed by atoms with E-state index in [2.05, 4.69) is 0 Å². The Hall–Kier alpha value is -1.14. The number of hydrogen-bond acceptors (Lipinski definition) is 4. The smallest absolute Gasteiger partial charge is 0.248 e. The van der Waals surface area contributed by atoms with Crippen molar-refractivity contribution in [3.8, 4) is 0 Å². The molecule has 0 aliphatic carbocycles. The van der Waals surface area contributed by atoms with Crippen molar-refractivity contribution in [2.24, 2.45) is 11.3 Å². The Morgan fingerprint density at radius 1 is 1.27 bits per heavy atom. The first-order valence-electron chi connectivity index (χ1n) is 8.25. The first kappa shape index (κ1) is 15.7. The van der Waals surface area contributed by atoms with Gasteiger partial charge < -0.3 is 19.3 Å². The van der Waals surface area contributed by atoms with Gasteiger partial charge in [0.25, 0.3) is 0 Å². The maximum absolute atomic E-state index is 12.5. The second-order valence-electron chi connectivity index (χ2n) is 7.07. The van der Waals surface area contributed by atoms with E-state index in [1.165, 1.54) is 0 Å². The normalized spacial score (nSPS) is 30.9. The Bertz CT molecular complexity index is 436. The highest BCUT2D eigenvalue weighted by Gasteiger charge is 2.43. The van der Waals surface area contributed by atoms with Crippen LogP contribution in [0.25, 0.3) is 0 Å². The van der Waals surface area contributed by atoms with Crippen LogP contribution in [-0.2, 0) is 19.1 Å². The Balaban J connectivity index is 1.56. The topological polar surface area (TPSA) is 59.1 Å². The molecule has 3 fully saturated rings. The van der Waals surface area contributed by atoms with Crippen molar-refractivity contribution in [3.63, 3.8) is 0 Å². The number of carbonyl (C=O) groups excluding carboxylic acids is 2. The SMILES string of the molecule is CN1CC2(CCN(C(=O)CC3CCOCC3)C2)COCC1=O. The van der Waals surface area contributed by atoms with E-state index in [1.54, 1.807) is 4.90 Å². The van der Waals surface area contributed by atoms with Crippen LogP contribution in [0, 0.1) is 11.3 Å². The van der Waals surface area contributed by atoms with Crippen molar-refractivity contribution in [2.75, 3.05) is 53.1 Å². The van der Waals surface area contributed by atoms with Gasteiger partial charge in [-0.25, -0.2) is 0 Å². The standard InChI is InChI=1S/C16H26N2O4/c1-17-10-16(12-22-9-15(17)20)4-5-18(11-16)14(19)8-13-2-6-21-7-3-13/h13H,2-12H2,1H3. The summed E-state index contributed by atoms with van der Waals surface area (Å²) in [5.41, 5.74) is -0.0771. The van der Waals surface area contributed by atoms with Crippen molar-refractivity contribution in [3.05, 3.63) is 0 Å². The molecule has 0 radical (unpaired) electrons. The molecule has 124 valence electrons. The third-order valence-electron chi connectivity index (χ3n) is 5.23. The molecular weight excluding hydrogens is 284 g/mol. The summed E-state index contributed by atoms with van der Waals surface area (Å²) in [5.74, 6) is 0.748. The molecule has 0 saturated carbocycles. The number of hydrogen-bond donors (Lipinski definition) is 0. The molecule has 6 heteroatoms. The Morgan fingerprint density at radius 2 is 2.05 bits per heavy atom. The number of ether oxygens (including phenoxy) is 2. The molecule has 0 aromatic rings. The molecule has 3 rings (SSSR count). The van der Waals surface area contributed by atoms with E-state index in [1.807, 2.05) is 11.9 Å². The molecule has 3 heterocycles. The maximum Gasteiger partial charge on any atom is 0.248 e. The molecule has 3 aliphatic rings. The van der Waals surface area contributed by atoms with Crippen LogP contribution >= 0.6 is 0 Å². The first-order chi connectivity index (χ1) is 10.6. The van der Waals surface area contributed by atoms with Crippen LogP contribution in [0.3, 0.4) is 0 Å². The van der Waals surface area contributed by atoms with Crippen LogP contribution in [0.5, 0.6) is 0 Å². The van der Waals surface area contributed by atoms with Crippen molar-refractivity contribution < 1.29 is 19.1 Å². The quantitative estimate of drug-likeness (QED) is 0.746. The molecule has 3 saturated heterocycles. The van der Waals surface area contributed by atoms with Gasteiger partial charge in [-0.05, 0) is 25.2 Å². The van der Waals surface area contributed by atoms with Gasteiger partial charge in [0.15, 0.2) is 0 Å². The molecule has 1 atom stereocenters. The number of rotatable bonds is 2. The highest BCUT2D eigenvalue weighted by molar-refractivity contribution is 5.78. The number of nitrogens with zero attached hydrogens (tertiary/aromatic N) is 2. The van der Waals surface area contributed by atoms with Gasteiger partial charge in [0.2, 0.25) is 11.8 Å². The monoisotopic (exact) mass is 310 g/mol. The van der Waals surface area contributed by atoms with Crippen LogP contribution in [0.1, 0.15) is 25.7 Å². The third-order valence-corrected chi connectivity index (χ3v) is 5.23. The summed E-state index contributed by atoms with van der Waals surface area (Å²) in [5, 5.41) is 0. The lowest BCUT2D eigenvalue weighted by Gasteiger charge is -2.30. The van der Waals surface area contributed by atoms with Gasteiger partial charge in [-0.1, -0.05) is 0 Å². The van der Waals surface area contributed by atoms with E-state index in [4.69, 9.17) is 9.47 Å². The second-order valence-corrected chi connectivity index (χ2v) is 7.07. The fraction of sp³-hybridized carbons (Fsp3) is 0.875. The molecule has 3 aliphatic heterocycles. The number of amides is 2. The fourth-order valence-electron chi connectivity index (χ4n) is 3.82. The predicted molar refractivity (Wildman–Crippen MR) is 80.2 cm³/mol. The summed E-state index contributed by atoms with van der Waals surface area (Å²) in [4.78, 5) is 28.0. The zero-order chi connectivity index (χ0) is 15.6. The Labute approximate surface area is 131 Å². The highest BCUT2D eigenvalue weighted by atomic mass is 16.5. The molecular formula is C16H26N2O4. The molecule has 1 spiro atoms. The molecule has 0 N–H and O–H groups in total. The summed E-state index contributed by atoms with van der Waals surface area (Å²) in [7, 11) is 1.82. The lowest BCUT2D eigenvalue weighted by molar-refractivity contribution is -0.133. The van der Waals surface area contributed by atoms with Gasteiger partial charge in [-0.3, -0.25) is 9.59 Å². The number of likely N-dealkylation sites (tertiary alicyclic amines) is 1. The molecule has 1 unspecified atom stereocenters. The van der Waals surface area contributed by atoms with Crippen LogP contribution in [0.15, 0.2) is 0 Å². The lowest BCUT2D eigenvalue weighted by atomic mass is 9.87. The van der Waals surface area contributed by atoms with Gasteiger partial charge in [0.1, 0.15) is 6.61 Å². The van der Waals surface area contributed by atoms with Crippen LogP contribution in [-0.4, -0.2) is 74.7 Å². The summed E-state index contributed by atoms with van der Waals surface area (Å²) in [6, 6.07) is 0. The minimum atomic E-state index is -0.0771. The zero-order valence-corrected chi connectivity index (χ0v) is 13.4. The van der Waals surface area contributed by atoms with Crippen LogP contribution < -0.4 is 0 Å². The molecule has 6 nitrogen and oxygen atoms in total. The van der Waals surface area contributed by atoms with E-state index in [0.29, 0.717) is 32.0 Å². The average molecular weight is 310 g/mol. The van der Waals surface area contributed by atoms with E-state index in [9.17, 15) is 9.59 Å². The van der Waals surface area contributed by atoms with Crippen LogP contribution in [0.4, 0.5) is 0 Å². The molecule has 0 aromatic heterocycles. The van der Waals surface area contributed by atoms with Crippen LogP contribution in [0.2, 0.25) is 0 Å². The lowest BCUT2D eigenvalue weighted by Crippen LogP contribution is -2.41.